The topological polar surface area (TPSA) is 73.9 Å². The molecule has 1 aliphatic heterocycles. The van der Waals surface area contributed by atoms with Crippen LogP contribution in [0.25, 0.3) is 0 Å². The van der Waals surface area contributed by atoms with E-state index in [4.69, 9.17) is 14.2 Å². The van der Waals surface area contributed by atoms with Crippen molar-refractivity contribution in [1.29, 1.82) is 0 Å². The summed E-state index contributed by atoms with van der Waals surface area (Å²) in [5.74, 6) is 2.14. The second-order valence-electron chi connectivity index (χ2n) is 8.53. The first-order chi connectivity index (χ1) is 17.4. The molecule has 3 aromatic carbocycles. The van der Waals surface area contributed by atoms with Crippen molar-refractivity contribution in [3.05, 3.63) is 83.7 Å². The Bertz CT molecular complexity index is 1220. The van der Waals surface area contributed by atoms with Crippen LogP contribution < -0.4 is 19.5 Å². The quantitative estimate of drug-likeness (QED) is 0.293. The van der Waals surface area contributed by atoms with Gasteiger partial charge in [0.05, 0.1) is 13.2 Å². The van der Waals surface area contributed by atoms with Crippen LogP contribution >= 0.6 is 11.8 Å². The van der Waals surface area contributed by atoms with Crippen LogP contribution in [0.15, 0.2) is 66.7 Å². The fourth-order valence-corrected chi connectivity index (χ4v) is 4.74. The van der Waals surface area contributed by atoms with E-state index in [1.54, 1.807) is 31.2 Å². The Balaban J connectivity index is 1.26. The smallest absolute Gasteiger partial charge is 0.287 e. The molecule has 1 unspecified atom stereocenters. The average molecular weight is 510 g/mol. The molecular formula is C28H28FNO5S. The summed E-state index contributed by atoms with van der Waals surface area (Å²) in [5, 5.41) is 2.00. The zero-order chi connectivity index (χ0) is 25.5. The van der Waals surface area contributed by atoms with Gasteiger partial charge in [0.15, 0.2) is 0 Å². The van der Waals surface area contributed by atoms with Gasteiger partial charge in [-0.3, -0.25) is 14.9 Å². The third kappa shape index (κ3) is 6.18. The van der Waals surface area contributed by atoms with Crippen LogP contribution in [-0.2, 0) is 16.0 Å². The molecule has 0 saturated carbocycles. The second kappa shape index (κ2) is 11.5. The Kier molecular flexibility index (Phi) is 8.15. The zero-order valence-corrected chi connectivity index (χ0v) is 21.0. The number of benzene rings is 3. The van der Waals surface area contributed by atoms with Gasteiger partial charge in [0.2, 0.25) is 5.91 Å². The molecular weight excluding hydrogens is 481 g/mol. The first kappa shape index (κ1) is 25.6. The largest absolute Gasteiger partial charge is 0.493 e. The van der Waals surface area contributed by atoms with Crippen LogP contribution in [0.5, 0.6) is 23.0 Å². The molecule has 188 valence electrons. The van der Waals surface area contributed by atoms with E-state index in [9.17, 15) is 14.0 Å². The van der Waals surface area contributed by atoms with Crippen molar-refractivity contribution in [2.45, 2.75) is 37.9 Å². The maximum absolute atomic E-state index is 13.1. The van der Waals surface area contributed by atoms with Gasteiger partial charge in [-0.05, 0) is 90.8 Å². The maximum atomic E-state index is 13.1. The van der Waals surface area contributed by atoms with Crippen LogP contribution in [0, 0.1) is 5.82 Å². The van der Waals surface area contributed by atoms with Crippen molar-refractivity contribution in [3.63, 3.8) is 0 Å². The van der Waals surface area contributed by atoms with E-state index >= 15 is 0 Å². The van der Waals surface area contributed by atoms with E-state index in [2.05, 4.69) is 12.2 Å². The van der Waals surface area contributed by atoms with Crippen molar-refractivity contribution in [2.24, 2.45) is 0 Å². The van der Waals surface area contributed by atoms with Crippen LogP contribution in [-0.4, -0.2) is 24.4 Å². The maximum Gasteiger partial charge on any atom is 0.287 e. The molecule has 8 heteroatoms. The van der Waals surface area contributed by atoms with Gasteiger partial charge in [-0.15, -0.1) is 0 Å². The molecule has 1 saturated heterocycles. The monoisotopic (exact) mass is 509 g/mol. The number of halogens is 1. The molecule has 1 aliphatic rings. The Morgan fingerprint density at radius 2 is 1.56 bits per heavy atom. The van der Waals surface area contributed by atoms with Crippen LogP contribution in [0.3, 0.4) is 0 Å². The summed E-state index contributed by atoms with van der Waals surface area (Å²) in [7, 11) is 0. The van der Waals surface area contributed by atoms with E-state index in [-0.39, 0.29) is 17.0 Å². The summed E-state index contributed by atoms with van der Waals surface area (Å²) in [5.41, 5.74) is 1.80. The SMILES string of the molecule is CCCc1cc(Oc2ccc(F)cc2)ccc1OCCCOc1ccc(C2(C)SC(=O)NC2=O)cc1. The van der Waals surface area contributed by atoms with E-state index in [0.717, 1.165) is 41.5 Å². The first-order valence-electron chi connectivity index (χ1n) is 11.8. The average Bonchev–Trinajstić information content (AvgIpc) is 3.14. The molecule has 36 heavy (non-hydrogen) atoms. The van der Waals surface area contributed by atoms with E-state index in [1.807, 2.05) is 30.3 Å². The molecule has 0 aliphatic carbocycles. The number of rotatable bonds is 11. The Hall–Kier alpha value is -3.52. The summed E-state index contributed by atoms with van der Waals surface area (Å²) in [6.07, 6.45) is 2.49. The molecule has 0 aromatic heterocycles. The number of carbonyl (C=O) groups is 2. The van der Waals surface area contributed by atoms with Gasteiger partial charge in [0.1, 0.15) is 33.6 Å². The number of aryl methyl sites for hydroxylation is 1. The van der Waals surface area contributed by atoms with Gasteiger partial charge >= 0.3 is 0 Å². The summed E-state index contributed by atoms with van der Waals surface area (Å²) < 4.78 is 29.9. The van der Waals surface area contributed by atoms with Crippen molar-refractivity contribution in [3.8, 4) is 23.0 Å². The number of thioether (sulfide) groups is 1. The Morgan fingerprint density at radius 3 is 2.22 bits per heavy atom. The minimum absolute atomic E-state index is 0.303. The highest BCUT2D eigenvalue weighted by Gasteiger charge is 2.45. The molecule has 1 atom stereocenters. The van der Waals surface area contributed by atoms with Gasteiger partial charge < -0.3 is 14.2 Å². The van der Waals surface area contributed by atoms with Gasteiger partial charge in [-0.2, -0.15) is 0 Å². The van der Waals surface area contributed by atoms with Crippen molar-refractivity contribution >= 4 is 22.9 Å². The number of hydrogen-bond acceptors (Lipinski definition) is 6. The molecule has 1 fully saturated rings. The highest BCUT2D eigenvalue weighted by molar-refractivity contribution is 8.15. The molecule has 4 rings (SSSR count). The van der Waals surface area contributed by atoms with Gasteiger partial charge in [0.25, 0.3) is 5.24 Å². The standard InChI is InChI=1S/C28H28FNO5S/c1-3-5-19-18-24(35-23-12-8-21(29)9-13-23)14-15-25(19)34-17-4-16-33-22-10-6-20(7-11-22)28(2)26(31)30-27(32)36-28/h6-15,18H,3-5,16-17H2,1-2H3,(H,30,31,32). The number of carbonyl (C=O) groups excluding carboxylic acids is 2. The minimum atomic E-state index is -0.917. The van der Waals surface area contributed by atoms with Crippen molar-refractivity contribution in [2.75, 3.05) is 13.2 Å². The fourth-order valence-electron chi connectivity index (χ4n) is 3.82. The first-order valence-corrected chi connectivity index (χ1v) is 12.7. The third-order valence-electron chi connectivity index (χ3n) is 5.77. The molecule has 0 bridgehead atoms. The summed E-state index contributed by atoms with van der Waals surface area (Å²) >= 11 is 0.985. The van der Waals surface area contributed by atoms with E-state index < -0.39 is 4.75 Å². The molecule has 2 amide bonds. The van der Waals surface area contributed by atoms with Gasteiger partial charge in [-0.1, -0.05) is 25.5 Å². The van der Waals surface area contributed by atoms with Crippen LogP contribution in [0.4, 0.5) is 9.18 Å². The number of nitrogens with one attached hydrogen (secondary N) is 1. The van der Waals surface area contributed by atoms with E-state index in [0.29, 0.717) is 36.9 Å². The summed E-state index contributed by atoms with van der Waals surface area (Å²) in [4.78, 5) is 23.7. The number of imide groups is 1. The Morgan fingerprint density at radius 1 is 0.889 bits per heavy atom. The lowest BCUT2D eigenvalue weighted by Crippen LogP contribution is -2.31. The van der Waals surface area contributed by atoms with E-state index in [1.165, 1.54) is 12.1 Å². The third-order valence-corrected chi connectivity index (χ3v) is 6.88. The lowest BCUT2D eigenvalue weighted by Gasteiger charge is -2.19. The number of amides is 2. The van der Waals surface area contributed by atoms with Crippen molar-refractivity contribution in [1.82, 2.24) is 5.32 Å². The summed E-state index contributed by atoms with van der Waals surface area (Å²) in [6, 6.07) is 18.8. The second-order valence-corrected chi connectivity index (χ2v) is 9.92. The number of hydrogen-bond donors (Lipinski definition) is 1. The predicted octanol–water partition coefficient (Wildman–Crippen LogP) is 6.62. The fraction of sp³-hybridized carbons (Fsp3) is 0.286. The normalized spacial score (nSPS) is 17.1. The molecule has 6 nitrogen and oxygen atoms in total. The summed E-state index contributed by atoms with van der Waals surface area (Å²) in [6.45, 7) is 4.80. The van der Waals surface area contributed by atoms with Gasteiger partial charge in [0, 0.05) is 6.42 Å². The van der Waals surface area contributed by atoms with Gasteiger partial charge in [-0.25, -0.2) is 4.39 Å². The zero-order valence-electron chi connectivity index (χ0n) is 20.2. The molecule has 3 aromatic rings. The number of ether oxygens (including phenoxy) is 3. The van der Waals surface area contributed by atoms with Crippen LogP contribution in [0.1, 0.15) is 37.8 Å². The Labute approximate surface area is 214 Å². The van der Waals surface area contributed by atoms with Crippen molar-refractivity contribution < 1.29 is 28.2 Å². The lowest BCUT2D eigenvalue weighted by molar-refractivity contribution is -0.121. The highest BCUT2D eigenvalue weighted by Crippen LogP contribution is 2.41. The lowest BCUT2D eigenvalue weighted by atomic mass is 9.99. The molecule has 1 N–H and O–H groups in total. The minimum Gasteiger partial charge on any atom is -0.493 e. The highest BCUT2D eigenvalue weighted by atomic mass is 32.2. The van der Waals surface area contributed by atoms with Crippen LogP contribution in [0.2, 0.25) is 0 Å². The molecule has 0 radical (unpaired) electrons. The molecule has 0 spiro atoms. The molecule has 1 heterocycles. The predicted molar refractivity (Wildman–Crippen MR) is 137 cm³/mol.